The van der Waals surface area contributed by atoms with Gasteiger partial charge in [-0.15, -0.1) is 0 Å². The third-order valence-electron chi connectivity index (χ3n) is 8.30. The van der Waals surface area contributed by atoms with Crippen LogP contribution in [-0.4, -0.2) is 34.9 Å². The van der Waals surface area contributed by atoms with E-state index in [9.17, 15) is 0 Å². The Morgan fingerprint density at radius 3 is 1.79 bits per heavy atom. The van der Waals surface area contributed by atoms with Crippen LogP contribution in [0.25, 0.3) is 11.1 Å². The molecule has 0 unspecified atom stereocenters. The molecular formula is C39H36ClN3O5. The molecule has 4 atom stereocenters. The second kappa shape index (κ2) is 15.6. The number of halogens is 1. The largest absolute Gasteiger partial charge is 0.458 e. The van der Waals surface area contributed by atoms with Crippen LogP contribution in [0.15, 0.2) is 132 Å². The molecule has 0 saturated carbocycles. The number of nitrogens with zero attached hydrogens (tertiary/aromatic N) is 2. The van der Waals surface area contributed by atoms with Crippen molar-refractivity contribution in [3.05, 3.63) is 161 Å². The van der Waals surface area contributed by atoms with Crippen LogP contribution in [0, 0.1) is 0 Å². The van der Waals surface area contributed by atoms with Crippen molar-refractivity contribution in [2.24, 2.45) is 0 Å². The number of ether oxygens (including phenoxy) is 4. The summed E-state index contributed by atoms with van der Waals surface area (Å²) in [5.41, 5.74) is 6.00. The van der Waals surface area contributed by atoms with Gasteiger partial charge in [-0.1, -0.05) is 121 Å². The SMILES string of the molecule is Clc1nc(NCc2ccccc2)c2occ([C@@H]3O[C@H](COCc4ccccc4)[C@@H](OCc4ccccc4)[C@H]3OCc3ccccc3)c2n1. The second-order valence-corrected chi connectivity index (χ2v) is 12.0. The number of hydrogen-bond acceptors (Lipinski definition) is 8. The van der Waals surface area contributed by atoms with Gasteiger partial charge < -0.3 is 28.7 Å². The van der Waals surface area contributed by atoms with Gasteiger partial charge in [0.25, 0.3) is 0 Å². The van der Waals surface area contributed by atoms with E-state index in [1.54, 1.807) is 6.26 Å². The first kappa shape index (κ1) is 32.0. The van der Waals surface area contributed by atoms with Crippen molar-refractivity contribution in [3.63, 3.8) is 0 Å². The van der Waals surface area contributed by atoms with Crippen LogP contribution in [0.4, 0.5) is 5.82 Å². The maximum atomic E-state index is 6.80. The maximum absolute atomic E-state index is 6.80. The Balaban J connectivity index is 1.20. The van der Waals surface area contributed by atoms with E-state index in [2.05, 4.69) is 15.3 Å². The van der Waals surface area contributed by atoms with Crippen LogP contribution in [0.3, 0.4) is 0 Å². The number of rotatable bonds is 14. The average molecular weight is 662 g/mol. The van der Waals surface area contributed by atoms with E-state index >= 15 is 0 Å². The Morgan fingerprint density at radius 2 is 1.19 bits per heavy atom. The summed E-state index contributed by atoms with van der Waals surface area (Å²) in [5, 5.41) is 3.46. The maximum Gasteiger partial charge on any atom is 0.225 e. The molecule has 2 aromatic heterocycles. The number of fused-ring (bicyclic) bond motifs is 1. The van der Waals surface area contributed by atoms with E-state index in [1.807, 2.05) is 121 Å². The van der Waals surface area contributed by atoms with E-state index < -0.39 is 24.4 Å². The molecule has 0 amide bonds. The minimum atomic E-state index is -0.589. The summed E-state index contributed by atoms with van der Waals surface area (Å²) in [6, 6.07) is 40.3. The molecule has 6 aromatic rings. The Bertz CT molecular complexity index is 1880. The van der Waals surface area contributed by atoms with E-state index in [0.717, 1.165) is 22.3 Å². The molecule has 0 radical (unpaired) electrons. The van der Waals surface area contributed by atoms with Crippen LogP contribution < -0.4 is 5.32 Å². The standard InChI is InChI=1S/C39H36ClN3O5/c40-39-42-33-31(25-47-36(33)38(43-39)41-21-27-13-5-1-6-14-27)34-37(46-24-30-19-11-4-12-20-30)35(45-23-29-17-9-3-10-18-29)32(48-34)26-44-22-28-15-7-2-8-16-28/h1-20,25,32,34-35,37H,21-24,26H2,(H,41,42,43)/t32-,34+,35-,37+/m1/s1. The average Bonchev–Trinajstić information content (AvgIpc) is 3.71. The molecule has 1 saturated heterocycles. The highest BCUT2D eigenvalue weighted by Crippen LogP contribution is 2.42. The van der Waals surface area contributed by atoms with Gasteiger partial charge in [0, 0.05) is 12.1 Å². The van der Waals surface area contributed by atoms with Crippen LogP contribution in [0.5, 0.6) is 0 Å². The molecule has 1 N–H and O–H groups in total. The van der Waals surface area contributed by atoms with Crippen molar-refractivity contribution in [2.45, 2.75) is 50.8 Å². The molecule has 9 heteroatoms. The fourth-order valence-corrected chi connectivity index (χ4v) is 6.08. The summed E-state index contributed by atoms with van der Waals surface area (Å²) >= 11 is 6.50. The van der Waals surface area contributed by atoms with E-state index in [1.165, 1.54) is 0 Å². The molecule has 1 fully saturated rings. The summed E-state index contributed by atoms with van der Waals surface area (Å²) < 4.78 is 32.5. The molecule has 48 heavy (non-hydrogen) atoms. The number of nitrogens with one attached hydrogen (secondary N) is 1. The first-order chi connectivity index (χ1) is 23.7. The Labute approximate surface area is 284 Å². The molecule has 1 aliphatic heterocycles. The van der Waals surface area contributed by atoms with Gasteiger partial charge in [0.15, 0.2) is 11.4 Å². The quantitative estimate of drug-likeness (QED) is 0.117. The van der Waals surface area contributed by atoms with Crippen LogP contribution >= 0.6 is 11.6 Å². The molecule has 244 valence electrons. The Kier molecular flexibility index (Phi) is 10.4. The van der Waals surface area contributed by atoms with Gasteiger partial charge >= 0.3 is 0 Å². The normalized spacial score (nSPS) is 19.1. The van der Waals surface area contributed by atoms with E-state index in [-0.39, 0.29) is 5.28 Å². The lowest BCUT2D eigenvalue weighted by atomic mass is 10.0. The number of furan rings is 1. The molecule has 3 heterocycles. The zero-order chi connectivity index (χ0) is 32.5. The summed E-state index contributed by atoms with van der Waals surface area (Å²) in [7, 11) is 0. The van der Waals surface area contributed by atoms with Crippen molar-refractivity contribution in [1.29, 1.82) is 0 Å². The molecule has 7 rings (SSSR count). The molecule has 0 bridgehead atoms. The highest BCUT2D eigenvalue weighted by Gasteiger charge is 2.48. The lowest BCUT2D eigenvalue weighted by Gasteiger charge is -2.25. The molecule has 1 aliphatic rings. The lowest BCUT2D eigenvalue weighted by molar-refractivity contribution is -0.0898. The van der Waals surface area contributed by atoms with Gasteiger partial charge in [0.2, 0.25) is 5.28 Å². The third-order valence-corrected chi connectivity index (χ3v) is 8.47. The molecule has 4 aromatic carbocycles. The van der Waals surface area contributed by atoms with E-state index in [0.29, 0.717) is 55.5 Å². The summed E-state index contributed by atoms with van der Waals surface area (Å²) in [6.07, 6.45) is -0.355. The van der Waals surface area contributed by atoms with Gasteiger partial charge in [-0.3, -0.25) is 0 Å². The van der Waals surface area contributed by atoms with Crippen LogP contribution in [0.1, 0.15) is 33.9 Å². The smallest absolute Gasteiger partial charge is 0.225 e. The van der Waals surface area contributed by atoms with Gasteiger partial charge in [-0.2, -0.15) is 4.98 Å². The predicted molar refractivity (Wildman–Crippen MR) is 184 cm³/mol. The minimum Gasteiger partial charge on any atom is -0.458 e. The van der Waals surface area contributed by atoms with Gasteiger partial charge in [-0.25, -0.2) is 4.98 Å². The monoisotopic (exact) mass is 661 g/mol. The minimum absolute atomic E-state index is 0.0973. The van der Waals surface area contributed by atoms with Gasteiger partial charge in [0.1, 0.15) is 29.9 Å². The van der Waals surface area contributed by atoms with Crippen molar-refractivity contribution >= 4 is 28.5 Å². The number of anilines is 1. The Morgan fingerprint density at radius 1 is 0.646 bits per heavy atom. The first-order valence-corrected chi connectivity index (χ1v) is 16.4. The van der Waals surface area contributed by atoms with Crippen molar-refractivity contribution in [1.82, 2.24) is 9.97 Å². The number of hydrogen-bond donors (Lipinski definition) is 1. The first-order valence-electron chi connectivity index (χ1n) is 16.0. The lowest BCUT2D eigenvalue weighted by Crippen LogP contribution is -2.37. The van der Waals surface area contributed by atoms with Crippen molar-refractivity contribution < 1.29 is 23.4 Å². The van der Waals surface area contributed by atoms with Crippen LogP contribution in [0.2, 0.25) is 5.28 Å². The van der Waals surface area contributed by atoms with Gasteiger partial charge in [0.05, 0.1) is 32.7 Å². The van der Waals surface area contributed by atoms with Crippen molar-refractivity contribution in [2.75, 3.05) is 11.9 Å². The van der Waals surface area contributed by atoms with E-state index in [4.69, 9.17) is 35.0 Å². The highest BCUT2D eigenvalue weighted by atomic mass is 35.5. The zero-order valence-corrected chi connectivity index (χ0v) is 27.0. The zero-order valence-electron chi connectivity index (χ0n) is 26.3. The topological polar surface area (TPSA) is 87.9 Å². The summed E-state index contributed by atoms with van der Waals surface area (Å²) in [5.74, 6) is 0.500. The number of benzene rings is 4. The van der Waals surface area contributed by atoms with Gasteiger partial charge in [-0.05, 0) is 33.9 Å². The predicted octanol–water partition coefficient (Wildman–Crippen LogP) is 8.32. The second-order valence-electron chi connectivity index (χ2n) is 11.7. The molecule has 8 nitrogen and oxygen atoms in total. The van der Waals surface area contributed by atoms with Crippen LogP contribution in [-0.2, 0) is 45.3 Å². The van der Waals surface area contributed by atoms with Crippen molar-refractivity contribution in [3.8, 4) is 0 Å². The fourth-order valence-electron chi connectivity index (χ4n) is 5.91. The summed E-state index contributed by atoms with van der Waals surface area (Å²) in [6.45, 7) is 2.03. The molecular weight excluding hydrogens is 626 g/mol. The molecule has 0 spiro atoms. The third kappa shape index (κ3) is 7.76. The fraction of sp³-hybridized carbons (Fsp3) is 0.231. The highest BCUT2D eigenvalue weighted by molar-refractivity contribution is 6.28. The summed E-state index contributed by atoms with van der Waals surface area (Å²) in [4.78, 5) is 9.05. The molecule has 0 aliphatic carbocycles. The number of aromatic nitrogens is 2. The Hall–Kier alpha value is -4.57.